The Hall–Kier alpha value is -2.46. The Bertz CT molecular complexity index is 834. The Morgan fingerprint density at radius 2 is 2.00 bits per heavy atom. The number of nitrogens with zero attached hydrogens (tertiary/aromatic N) is 1. The van der Waals surface area contributed by atoms with E-state index in [0.29, 0.717) is 5.56 Å². The van der Waals surface area contributed by atoms with Gasteiger partial charge in [0.1, 0.15) is 12.4 Å². The zero-order valence-corrected chi connectivity index (χ0v) is 12.0. The van der Waals surface area contributed by atoms with Crippen molar-refractivity contribution in [3.05, 3.63) is 53.1 Å². The molecule has 4 nitrogen and oxygen atoms in total. The Kier molecular flexibility index (Phi) is 3.31. The maximum Gasteiger partial charge on any atom is 0.188 e. The number of aliphatic hydroxyl groups excluding tert-OH is 1. The smallest absolute Gasteiger partial charge is 0.188 e. The molecule has 3 aromatic rings. The number of Topliss-reactive ketones (excluding diaryl/α,β-unsaturated/α-hetero) is 1. The molecule has 0 fully saturated rings. The van der Waals surface area contributed by atoms with Crippen molar-refractivity contribution in [2.45, 2.75) is 13.8 Å². The number of ketones is 1. The van der Waals surface area contributed by atoms with E-state index in [1.165, 1.54) is 5.56 Å². The van der Waals surface area contributed by atoms with Crippen LogP contribution in [0.4, 0.5) is 0 Å². The van der Waals surface area contributed by atoms with Crippen LogP contribution in [0.25, 0.3) is 22.4 Å². The molecule has 0 radical (unpaired) electrons. The summed E-state index contributed by atoms with van der Waals surface area (Å²) in [6.07, 6.45) is 0. The molecule has 21 heavy (non-hydrogen) atoms. The summed E-state index contributed by atoms with van der Waals surface area (Å²) in [5.74, 6) is 0.500. The minimum Gasteiger partial charge on any atom is -0.388 e. The van der Waals surface area contributed by atoms with Crippen LogP contribution in [0, 0.1) is 13.8 Å². The topological polar surface area (TPSA) is 66.0 Å². The summed E-state index contributed by atoms with van der Waals surface area (Å²) in [7, 11) is 0. The van der Waals surface area contributed by atoms with Crippen molar-refractivity contribution in [2.75, 3.05) is 6.61 Å². The molecular weight excluding hydrogens is 264 g/mol. The summed E-state index contributed by atoms with van der Waals surface area (Å²) in [6.45, 7) is 3.61. The zero-order chi connectivity index (χ0) is 15.0. The molecule has 0 bridgehead atoms. The zero-order valence-electron chi connectivity index (χ0n) is 12.0. The standard InChI is InChI=1S/C17H16N2O2/c1-10-3-4-11(2)13(7-10)17-18-14-6-5-12(16(21)9-20)8-15(14)19-17/h3-8,20H,9H2,1-2H3,(H,18,19). The van der Waals surface area contributed by atoms with Crippen molar-refractivity contribution >= 4 is 16.8 Å². The highest BCUT2D eigenvalue weighted by Gasteiger charge is 2.10. The lowest BCUT2D eigenvalue weighted by Crippen LogP contribution is -2.03. The SMILES string of the molecule is Cc1ccc(C)c(-c2nc3ccc(C(=O)CO)cc3[nH]2)c1. The number of nitrogens with one attached hydrogen (secondary N) is 1. The van der Waals surface area contributed by atoms with Crippen molar-refractivity contribution in [1.82, 2.24) is 9.97 Å². The fraction of sp³-hybridized carbons (Fsp3) is 0.176. The number of hydrogen-bond acceptors (Lipinski definition) is 3. The number of imidazole rings is 1. The molecule has 0 atom stereocenters. The average Bonchev–Trinajstić information content (AvgIpc) is 2.91. The third kappa shape index (κ3) is 2.45. The van der Waals surface area contributed by atoms with Crippen LogP contribution in [0.2, 0.25) is 0 Å². The molecule has 0 aliphatic carbocycles. The van der Waals surface area contributed by atoms with Gasteiger partial charge in [-0.25, -0.2) is 4.98 Å². The number of H-pyrrole nitrogens is 1. The van der Waals surface area contributed by atoms with Crippen LogP contribution in [-0.4, -0.2) is 27.5 Å². The second-order valence-corrected chi connectivity index (χ2v) is 5.22. The first kappa shape index (κ1) is 13.5. The number of rotatable bonds is 3. The molecule has 2 N–H and O–H groups in total. The van der Waals surface area contributed by atoms with E-state index in [9.17, 15) is 4.79 Å². The molecule has 0 spiro atoms. The lowest BCUT2D eigenvalue weighted by Gasteiger charge is -2.03. The van der Waals surface area contributed by atoms with Crippen molar-refractivity contribution in [3.63, 3.8) is 0 Å². The molecule has 0 unspecified atom stereocenters. The first-order valence-corrected chi connectivity index (χ1v) is 6.80. The van der Waals surface area contributed by atoms with E-state index >= 15 is 0 Å². The fourth-order valence-corrected chi connectivity index (χ4v) is 2.39. The largest absolute Gasteiger partial charge is 0.388 e. The normalized spacial score (nSPS) is 11.0. The first-order valence-electron chi connectivity index (χ1n) is 6.80. The molecule has 1 heterocycles. The number of hydrogen-bond donors (Lipinski definition) is 2. The van der Waals surface area contributed by atoms with Crippen LogP contribution in [0.15, 0.2) is 36.4 Å². The lowest BCUT2D eigenvalue weighted by molar-refractivity contribution is 0.0904. The number of fused-ring (bicyclic) bond motifs is 1. The maximum absolute atomic E-state index is 11.5. The van der Waals surface area contributed by atoms with Gasteiger partial charge in [-0.1, -0.05) is 17.7 Å². The molecule has 0 aliphatic heterocycles. The van der Waals surface area contributed by atoms with Crippen LogP contribution in [-0.2, 0) is 0 Å². The highest BCUT2D eigenvalue weighted by molar-refractivity contribution is 5.99. The second-order valence-electron chi connectivity index (χ2n) is 5.22. The quantitative estimate of drug-likeness (QED) is 0.725. The number of aliphatic hydroxyl groups is 1. The van der Waals surface area contributed by atoms with Gasteiger partial charge in [-0.05, 0) is 43.7 Å². The van der Waals surface area contributed by atoms with Crippen molar-refractivity contribution in [3.8, 4) is 11.4 Å². The van der Waals surface area contributed by atoms with E-state index in [2.05, 4.69) is 28.2 Å². The molecule has 106 valence electrons. The minimum atomic E-state index is -0.483. The minimum absolute atomic E-state index is 0.292. The summed E-state index contributed by atoms with van der Waals surface area (Å²) in [5.41, 5.74) is 5.46. The van der Waals surface area contributed by atoms with Gasteiger partial charge in [-0.2, -0.15) is 0 Å². The van der Waals surface area contributed by atoms with Crippen LogP contribution in [0.1, 0.15) is 21.5 Å². The van der Waals surface area contributed by atoms with E-state index in [1.807, 2.05) is 13.8 Å². The van der Waals surface area contributed by atoms with Gasteiger partial charge in [-0.3, -0.25) is 4.79 Å². The average molecular weight is 280 g/mol. The number of carbonyl (C=O) groups excluding carboxylic acids is 1. The molecule has 0 amide bonds. The number of benzene rings is 2. The van der Waals surface area contributed by atoms with E-state index in [0.717, 1.165) is 28.0 Å². The van der Waals surface area contributed by atoms with Crippen LogP contribution >= 0.6 is 0 Å². The van der Waals surface area contributed by atoms with Gasteiger partial charge in [0, 0.05) is 11.1 Å². The third-order valence-corrected chi connectivity index (χ3v) is 3.60. The van der Waals surface area contributed by atoms with Gasteiger partial charge in [0.2, 0.25) is 0 Å². The van der Waals surface area contributed by atoms with Gasteiger partial charge in [0.25, 0.3) is 0 Å². The Morgan fingerprint density at radius 3 is 2.76 bits per heavy atom. The number of carbonyl (C=O) groups is 1. The molecule has 4 heteroatoms. The predicted octanol–water partition coefficient (Wildman–Crippen LogP) is 3.02. The number of aryl methyl sites for hydroxylation is 2. The van der Waals surface area contributed by atoms with Crippen molar-refractivity contribution < 1.29 is 9.90 Å². The number of aromatic nitrogens is 2. The summed E-state index contributed by atoms with van der Waals surface area (Å²) >= 11 is 0. The van der Waals surface area contributed by atoms with Gasteiger partial charge in [-0.15, -0.1) is 0 Å². The van der Waals surface area contributed by atoms with Gasteiger partial charge in [0.05, 0.1) is 11.0 Å². The van der Waals surface area contributed by atoms with Crippen molar-refractivity contribution in [1.29, 1.82) is 0 Å². The predicted molar refractivity (Wildman–Crippen MR) is 82.4 cm³/mol. The van der Waals surface area contributed by atoms with Crippen LogP contribution in [0.5, 0.6) is 0 Å². The Balaban J connectivity index is 2.13. The van der Waals surface area contributed by atoms with Gasteiger partial charge in [0.15, 0.2) is 5.78 Å². The third-order valence-electron chi connectivity index (χ3n) is 3.60. The highest BCUT2D eigenvalue weighted by Crippen LogP contribution is 2.25. The van der Waals surface area contributed by atoms with E-state index in [4.69, 9.17) is 5.11 Å². The Labute approximate surface area is 122 Å². The highest BCUT2D eigenvalue weighted by atomic mass is 16.3. The lowest BCUT2D eigenvalue weighted by atomic mass is 10.1. The molecule has 0 aliphatic rings. The van der Waals surface area contributed by atoms with Crippen LogP contribution in [0.3, 0.4) is 0 Å². The molecule has 2 aromatic carbocycles. The summed E-state index contributed by atoms with van der Waals surface area (Å²) in [4.78, 5) is 19.4. The van der Waals surface area contributed by atoms with E-state index in [1.54, 1.807) is 18.2 Å². The number of aromatic amines is 1. The monoisotopic (exact) mass is 280 g/mol. The molecule has 0 saturated heterocycles. The van der Waals surface area contributed by atoms with Gasteiger partial charge >= 0.3 is 0 Å². The molecule has 3 rings (SSSR count). The van der Waals surface area contributed by atoms with Gasteiger partial charge < -0.3 is 10.1 Å². The summed E-state index contributed by atoms with van der Waals surface area (Å²) in [6, 6.07) is 11.4. The second kappa shape index (κ2) is 5.14. The van der Waals surface area contributed by atoms with Crippen LogP contribution < -0.4 is 0 Å². The summed E-state index contributed by atoms with van der Waals surface area (Å²) in [5, 5.41) is 8.94. The summed E-state index contributed by atoms with van der Waals surface area (Å²) < 4.78 is 0. The first-order chi connectivity index (χ1) is 10.1. The van der Waals surface area contributed by atoms with Crippen molar-refractivity contribution in [2.24, 2.45) is 0 Å². The fourth-order valence-electron chi connectivity index (χ4n) is 2.39. The Morgan fingerprint density at radius 1 is 1.19 bits per heavy atom. The van der Waals surface area contributed by atoms with E-state index in [-0.39, 0.29) is 5.78 Å². The molecular formula is C17H16N2O2. The maximum atomic E-state index is 11.5. The van der Waals surface area contributed by atoms with E-state index < -0.39 is 6.61 Å². The molecule has 0 saturated carbocycles. The molecule has 1 aromatic heterocycles.